The first-order chi connectivity index (χ1) is 21.5. The SMILES string of the molecule is CC(C)(c1ccccc1)c1cccc(C2(c3ccccc3)CCP(c3ccccc3)C2=Nc2ccc3ccccc3c2)c1O. The number of hydrogen-bond donors (Lipinski definition) is 1. The zero-order chi connectivity index (χ0) is 30.1. The summed E-state index contributed by atoms with van der Waals surface area (Å²) in [7, 11) is -0.761. The van der Waals surface area contributed by atoms with Crippen LogP contribution in [0.4, 0.5) is 5.69 Å². The van der Waals surface area contributed by atoms with Crippen LogP contribution in [0.2, 0.25) is 0 Å². The third kappa shape index (κ3) is 4.84. The van der Waals surface area contributed by atoms with Crippen LogP contribution in [0.3, 0.4) is 0 Å². The molecule has 1 heterocycles. The minimum Gasteiger partial charge on any atom is -0.507 e. The summed E-state index contributed by atoms with van der Waals surface area (Å²) in [6.07, 6.45) is 1.86. The lowest BCUT2D eigenvalue weighted by Gasteiger charge is -2.35. The Kier molecular flexibility index (Phi) is 7.40. The summed E-state index contributed by atoms with van der Waals surface area (Å²) in [5.41, 5.74) is 5.33. The number of phenols is 1. The molecule has 2 atom stereocenters. The van der Waals surface area contributed by atoms with Crippen LogP contribution in [-0.4, -0.2) is 16.7 Å². The van der Waals surface area contributed by atoms with Crippen LogP contribution in [-0.2, 0) is 10.8 Å². The Bertz CT molecular complexity index is 1950. The van der Waals surface area contributed by atoms with Gasteiger partial charge in [0.25, 0.3) is 0 Å². The molecule has 44 heavy (non-hydrogen) atoms. The summed E-state index contributed by atoms with van der Waals surface area (Å²) >= 11 is 0. The first-order valence-corrected chi connectivity index (χ1v) is 16.9. The first kappa shape index (κ1) is 28.3. The van der Waals surface area contributed by atoms with Crippen LogP contribution in [0.15, 0.2) is 157 Å². The molecule has 6 aromatic carbocycles. The van der Waals surface area contributed by atoms with Crippen LogP contribution < -0.4 is 5.30 Å². The van der Waals surface area contributed by atoms with Gasteiger partial charge in [-0.2, -0.15) is 0 Å². The molecule has 1 N–H and O–H groups in total. The molecule has 216 valence electrons. The fourth-order valence-electron chi connectivity index (χ4n) is 6.92. The molecule has 1 saturated heterocycles. The smallest absolute Gasteiger partial charge is 0.124 e. The molecule has 2 nitrogen and oxygen atoms in total. The number of nitrogens with zero attached hydrogens (tertiary/aromatic N) is 1. The molecule has 1 aliphatic heterocycles. The predicted octanol–water partition coefficient (Wildman–Crippen LogP) is 10.1. The number of aliphatic imine (C=N–C) groups is 1. The fourth-order valence-corrected chi connectivity index (χ4v) is 9.78. The lowest BCUT2D eigenvalue weighted by atomic mass is 9.70. The molecule has 0 bridgehead atoms. The third-order valence-electron chi connectivity index (χ3n) is 9.31. The standard InChI is InChI=1S/C41H36NOP/c1-40(2,32-17-6-3-7-18-32)36-23-14-24-37(38(36)43)41(33-19-8-4-9-20-33)27-28-44(35-21-10-5-11-22-35)39(41)42-34-26-25-30-15-12-13-16-31(30)29-34/h3-26,29,43H,27-28H2,1-2H3. The van der Waals surface area contributed by atoms with E-state index >= 15 is 0 Å². The van der Waals surface area contributed by atoms with E-state index in [2.05, 4.69) is 159 Å². The van der Waals surface area contributed by atoms with Gasteiger partial charge in [0.1, 0.15) is 5.75 Å². The van der Waals surface area contributed by atoms with Crippen molar-refractivity contribution in [2.75, 3.05) is 6.16 Å². The number of rotatable bonds is 6. The minimum absolute atomic E-state index is 0.362. The van der Waals surface area contributed by atoms with E-state index in [1.165, 1.54) is 27.2 Å². The normalized spacial score (nSPS) is 19.4. The van der Waals surface area contributed by atoms with E-state index in [1.54, 1.807) is 0 Å². The molecular formula is C41H36NOP. The van der Waals surface area contributed by atoms with Crippen molar-refractivity contribution in [3.63, 3.8) is 0 Å². The van der Waals surface area contributed by atoms with Crippen LogP contribution in [0, 0.1) is 0 Å². The van der Waals surface area contributed by atoms with E-state index in [4.69, 9.17) is 4.99 Å². The minimum atomic E-state index is -0.761. The Labute approximate surface area is 261 Å². The van der Waals surface area contributed by atoms with Gasteiger partial charge in [-0.25, -0.2) is 0 Å². The van der Waals surface area contributed by atoms with Crippen molar-refractivity contribution in [3.05, 3.63) is 174 Å². The number of aromatic hydroxyl groups is 1. The summed E-state index contributed by atoms with van der Waals surface area (Å²) in [5.74, 6) is 0.362. The summed E-state index contributed by atoms with van der Waals surface area (Å²) < 4.78 is 0. The zero-order valence-electron chi connectivity index (χ0n) is 25.2. The second kappa shape index (κ2) is 11.5. The van der Waals surface area contributed by atoms with Crippen LogP contribution in [0.5, 0.6) is 5.75 Å². The topological polar surface area (TPSA) is 32.6 Å². The largest absolute Gasteiger partial charge is 0.507 e. The van der Waals surface area contributed by atoms with Crippen LogP contribution in [0.1, 0.15) is 42.5 Å². The Morgan fingerprint density at radius 1 is 0.659 bits per heavy atom. The van der Waals surface area contributed by atoms with Gasteiger partial charge in [0.05, 0.1) is 16.6 Å². The Balaban J connectivity index is 1.50. The molecule has 7 rings (SSSR count). The first-order valence-electron chi connectivity index (χ1n) is 15.3. The summed E-state index contributed by atoms with van der Waals surface area (Å²) in [6, 6.07) is 53.3. The predicted molar refractivity (Wildman–Crippen MR) is 187 cm³/mol. The molecular weight excluding hydrogens is 553 g/mol. The molecule has 1 aliphatic rings. The number of phenolic OH excluding ortho intramolecular Hbond substituents is 1. The molecule has 6 aromatic rings. The second-order valence-corrected chi connectivity index (χ2v) is 14.4. The van der Waals surface area contributed by atoms with Crippen molar-refractivity contribution in [1.82, 2.24) is 0 Å². The lowest BCUT2D eigenvalue weighted by molar-refractivity contribution is 0.438. The van der Waals surface area contributed by atoms with Crippen molar-refractivity contribution in [2.24, 2.45) is 4.99 Å². The van der Waals surface area contributed by atoms with Crippen molar-refractivity contribution < 1.29 is 5.11 Å². The van der Waals surface area contributed by atoms with Gasteiger partial charge in [-0.05, 0) is 59.8 Å². The molecule has 0 spiro atoms. The Morgan fingerprint density at radius 3 is 2.02 bits per heavy atom. The van der Waals surface area contributed by atoms with E-state index in [9.17, 15) is 5.11 Å². The highest BCUT2D eigenvalue weighted by molar-refractivity contribution is 7.82. The van der Waals surface area contributed by atoms with Gasteiger partial charge in [-0.3, -0.25) is 4.99 Å². The quantitative estimate of drug-likeness (QED) is 0.193. The zero-order valence-corrected chi connectivity index (χ0v) is 26.1. The summed E-state index contributed by atoms with van der Waals surface area (Å²) in [4.78, 5) is 5.60. The number of fused-ring (bicyclic) bond motifs is 1. The Morgan fingerprint density at radius 2 is 1.30 bits per heavy atom. The van der Waals surface area contributed by atoms with E-state index < -0.39 is 18.8 Å². The maximum Gasteiger partial charge on any atom is 0.124 e. The molecule has 0 aromatic heterocycles. The van der Waals surface area contributed by atoms with Crippen molar-refractivity contribution in [1.29, 1.82) is 0 Å². The lowest BCUT2D eigenvalue weighted by Crippen LogP contribution is -2.33. The maximum atomic E-state index is 12.4. The summed E-state index contributed by atoms with van der Waals surface area (Å²) in [5, 5.41) is 16.1. The molecule has 0 aliphatic carbocycles. The number of benzene rings is 6. The molecule has 2 unspecified atom stereocenters. The fraction of sp³-hybridized carbons (Fsp3) is 0.146. The van der Waals surface area contributed by atoms with Gasteiger partial charge in [0.2, 0.25) is 0 Å². The second-order valence-electron chi connectivity index (χ2n) is 12.2. The van der Waals surface area contributed by atoms with Crippen molar-refractivity contribution in [2.45, 2.75) is 31.1 Å². The molecule has 0 amide bonds. The average Bonchev–Trinajstić information content (AvgIpc) is 3.45. The van der Waals surface area contributed by atoms with Gasteiger partial charge < -0.3 is 5.11 Å². The van der Waals surface area contributed by atoms with E-state index in [-0.39, 0.29) is 0 Å². The highest BCUT2D eigenvalue weighted by Crippen LogP contribution is 2.60. The average molecular weight is 590 g/mol. The van der Waals surface area contributed by atoms with Crippen LogP contribution >= 0.6 is 7.92 Å². The molecule has 1 fully saturated rings. The monoisotopic (exact) mass is 589 g/mol. The van der Waals surface area contributed by atoms with E-state index in [0.29, 0.717) is 5.75 Å². The van der Waals surface area contributed by atoms with Crippen LogP contribution in [0.25, 0.3) is 10.8 Å². The summed E-state index contributed by atoms with van der Waals surface area (Å²) in [6.45, 7) is 4.40. The van der Waals surface area contributed by atoms with Crippen molar-refractivity contribution in [3.8, 4) is 5.75 Å². The van der Waals surface area contributed by atoms with E-state index in [1.807, 2.05) is 6.07 Å². The number of hydrogen-bond acceptors (Lipinski definition) is 2. The van der Waals surface area contributed by atoms with Gasteiger partial charge in [0, 0.05) is 16.5 Å². The Hall–Kier alpha value is -4.52. The molecule has 0 saturated carbocycles. The molecule has 0 radical (unpaired) electrons. The third-order valence-corrected chi connectivity index (χ3v) is 11.9. The van der Waals surface area contributed by atoms with E-state index in [0.717, 1.165) is 34.8 Å². The highest BCUT2D eigenvalue weighted by Gasteiger charge is 2.50. The van der Waals surface area contributed by atoms with Gasteiger partial charge in [-0.1, -0.05) is 153 Å². The molecule has 3 heteroatoms. The van der Waals surface area contributed by atoms with Gasteiger partial charge in [-0.15, -0.1) is 0 Å². The maximum absolute atomic E-state index is 12.4. The van der Waals surface area contributed by atoms with Crippen molar-refractivity contribution >= 4 is 35.1 Å². The van der Waals surface area contributed by atoms with Gasteiger partial charge >= 0.3 is 0 Å². The number of para-hydroxylation sites is 1. The van der Waals surface area contributed by atoms with Gasteiger partial charge in [0.15, 0.2) is 0 Å². The highest BCUT2D eigenvalue weighted by atomic mass is 31.1.